The smallest absolute Gasteiger partial charge is 0.140 e. The molecule has 0 unspecified atom stereocenters. The van der Waals surface area contributed by atoms with Crippen LogP contribution >= 0.6 is 27.5 Å². The summed E-state index contributed by atoms with van der Waals surface area (Å²) in [4.78, 5) is 9.33. The van der Waals surface area contributed by atoms with Gasteiger partial charge in [0, 0.05) is 22.6 Å². The van der Waals surface area contributed by atoms with E-state index in [4.69, 9.17) is 17.4 Å². The summed E-state index contributed by atoms with van der Waals surface area (Å²) in [7, 11) is 1.72. The lowest BCUT2D eigenvalue weighted by Crippen LogP contribution is -2.34. The van der Waals surface area contributed by atoms with Crippen molar-refractivity contribution >= 4 is 44.8 Å². The first-order valence-corrected chi connectivity index (χ1v) is 8.96. The molecule has 130 valence electrons. The minimum absolute atomic E-state index is 0.309. The van der Waals surface area contributed by atoms with Crippen molar-refractivity contribution in [2.24, 2.45) is 15.8 Å². The number of aryl methyl sites for hydroxylation is 1. The van der Waals surface area contributed by atoms with Gasteiger partial charge in [-0.3, -0.25) is 10.0 Å². The van der Waals surface area contributed by atoms with Crippen LogP contribution < -0.4 is 5.84 Å². The zero-order chi connectivity index (χ0) is 18.1. The minimum atomic E-state index is -0.383. The van der Waals surface area contributed by atoms with E-state index in [1.807, 2.05) is 12.1 Å². The van der Waals surface area contributed by atoms with Crippen LogP contribution in [0.4, 0.5) is 10.1 Å². The van der Waals surface area contributed by atoms with E-state index in [1.165, 1.54) is 17.1 Å². The highest BCUT2D eigenvalue weighted by molar-refractivity contribution is 9.10. The van der Waals surface area contributed by atoms with Crippen molar-refractivity contribution in [2.75, 3.05) is 13.6 Å². The van der Waals surface area contributed by atoms with Crippen LogP contribution in [0.5, 0.6) is 0 Å². The molecule has 0 aromatic heterocycles. The van der Waals surface area contributed by atoms with Gasteiger partial charge in [-0.05, 0) is 42.3 Å². The van der Waals surface area contributed by atoms with E-state index >= 15 is 0 Å². The molecule has 3 rings (SSSR count). The number of halogens is 3. The van der Waals surface area contributed by atoms with Gasteiger partial charge in [0.2, 0.25) is 0 Å². The van der Waals surface area contributed by atoms with Crippen molar-refractivity contribution in [3.63, 3.8) is 0 Å². The number of aliphatic imine (C=N–C) groups is 2. The number of nitrogens with two attached hydrogens (primary N) is 1. The van der Waals surface area contributed by atoms with Crippen LogP contribution in [-0.4, -0.2) is 30.1 Å². The molecule has 0 amide bonds. The molecule has 1 aliphatic heterocycles. The van der Waals surface area contributed by atoms with Crippen LogP contribution in [0.1, 0.15) is 23.6 Å². The molecule has 2 aromatic carbocycles. The van der Waals surface area contributed by atoms with Crippen LogP contribution in [0.25, 0.3) is 0 Å². The van der Waals surface area contributed by atoms with Crippen molar-refractivity contribution in [3.8, 4) is 0 Å². The summed E-state index contributed by atoms with van der Waals surface area (Å²) in [5.41, 5.74) is 4.08. The summed E-state index contributed by atoms with van der Waals surface area (Å²) in [6.45, 7) is 2.39. The van der Waals surface area contributed by atoms with E-state index in [2.05, 4.69) is 32.8 Å². The predicted molar refractivity (Wildman–Crippen MR) is 104 cm³/mol. The fourth-order valence-corrected chi connectivity index (χ4v) is 3.54. The first kappa shape index (κ1) is 18.0. The van der Waals surface area contributed by atoms with Gasteiger partial charge in [0.05, 0.1) is 23.0 Å². The maximum atomic E-state index is 13.5. The summed E-state index contributed by atoms with van der Waals surface area (Å²) < 4.78 is 14.4. The standard InChI is InChI=1S/C18H17BrClFN4/c1-3-10-6-13-16(8-14(10)19)24-17(25(2)22)9-23-18(13)12-5-4-11(21)7-15(12)20/h4-8H,3,9,22H2,1-2H3. The Morgan fingerprint density at radius 1 is 1.28 bits per heavy atom. The van der Waals surface area contributed by atoms with E-state index in [9.17, 15) is 4.39 Å². The van der Waals surface area contributed by atoms with Crippen LogP contribution in [0, 0.1) is 5.82 Å². The summed E-state index contributed by atoms with van der Waals surface area (Å²) in [6.07, 6.45) is 0.853. The highest BCUT2D eigenvalue weighted by atomic mass is 79.9. The quantitative estimate of drug-likeness (QED) is 0.571. The van der Waals surface area contributed by atoms with Crippen LogP contribution in [0.2, 0.25) is 5.02 Å². The van der Waals surface area contributed by atoms with E-state index in [0.29, 0.717) is 28.7 Å². The fraction of sp³-hybridized carbons (Fsp3) is 0.222. The van der Waals surface area contributed by atoms with E-state index in [1.54, 1.807) is 13.1 Å². The molecule has 0 atom stereocenters. The minimum Gasteiger partial charge on any atom is -0.300 e. The van der Waals surface area contributed by atoms with E-state index in [0.717, 1.165) is 27.7 Å². The Kier molecular flexibility index (Phi) is 5.22. The molecule has 2 aromatic rings. The topological polar surface area (TPSA) is 54.0 Å². The van der Waals surface area contributed by atoms with E-state index in [-0.39, 0.29) is 5.82 Å². The van der Waals surface area contributed by atoms with Gasteiger partial charge in [-0.2, -0.15) is 0 Å². The van der Waals surface area contributed by atoms with Crippen molar-refractivity contribution in [1.82, 2.24) is 5.01 Å². The Hall–Kier alpha value is -1.76. The second-order valence-electron chi connectivity index (χ2n) is 5.74. The zero-order valence-electron chi connectivity index (χ0n) is 13.9. The van der Waals surface area contributed by atoms with Gasteiger partial charge in [-0.25, -0.2) is 15.2 Å². The molecule has 4 nitrogen and oxygen atoms in total. The van der Waals surface area contributed by atoms with Crippen LogP contribution in [0.15, 0.2) is 44.8 Å². The molecule has 0 radical (unpaired) electrons. The van der Waals surface area contributed by atoms with Gasteiger partial charge in [-0.1, -0.05) is 34.5 Å². The highest BCUT2D eigenvalue weighted by Crippen LogP contribution is 2.33. The largest absolute Gasteiger partial charge is 0.300 e. The molecular weight excluding hydrogens is 407 g/mol. The van der Waals surface area contributed by atoms with Crippen molar-refractivity contribution in [2.45, 2.75) is 13.3 Å². The molecule has 0 bridgehead atoms. The third kappa shape index (κ3) is 3.61. The Morgan fingerprint density at radius 3 is 2.68 bits per heavy atom. The number of amidine groups is 1. The summed E-state index contributed by atoms with van der Waals surface area (Å²) in [5, 5.41) is 1.76. The SMILES string of the molecule is CCc1cc2c(cc1Br)N=C(N(C)N)CN=C2c1ccc(F)cc1Cl. The monoisotopic (exact) mass is 422 g/mol. The molecule has 7 heteroatoms. The molecule has 0 spiro atoms. The van der Waals surface area contributed by atoms with E-state index < -0.39 is 0 Å². The predicted octanol–water partition coefficient (Wildman–Crippen LogP) is 4.49. The van der Waals surface area contributed by atoms with Crippen LogP contribution in [-0.2, 0) is 6.42 Å². The second-order valence-corrected chi connectivity index (χ2v) is 7.00. The molecule has 0 saturated carbocycles. The number of nitrogens with zero attached hydrogens (tertiary/aromatic N) is 3. The number of hydrogen-bond acceptors (Lipinski definition) is 4. The summed E-state index contributed by atoms with van der Waals surface area (Å²) in [5.74, 6) is 6.12. The number of benzene rings is 2. The zero-order valence-corrected chi connectivity index (χ0v) is 16.2. The number of rotatable bonds is 2. The molecule has 0 saturated heterocycles. The average molecular weight is 424 g/mol. The number of hydrogen-bond donors (Lipinski definition) is 1. The molecular formula is C18H17BrClFN4. The molecule has 0 fully saturated rings. The fourth-order valence-electron chi connectivity index (χ4n) is 2.67. The number of fused-ring (bicyclic) bond motifs is 1. The van der Waals surface area contributed by atoms with Gasteiger partial charge in [0.25, 0.3) is 0 Å². The van der Waals surface area contributed by atoms with Gasteiger partial charge < -0.3 is 0 Å². The first-order chi connectivity index (χ1) is 11.9. The van der Waals surface area contributed by atoms with Gasteiger partial charge >= 0.3 is 0 Å². The third-order valence-electron chi connectivity index (χ3n) is 4.02. The third-order valence-corrected chi connectivity index (χ3v) is 5.07. The van der Waals surface area contributed by atoms with Crippen molar-refractivity contribution in [1.29, 1.82) is 0 Å². The Morgan fingerprint density at radius 2 is 2.04 bits per heavy atom. The molecule has 1 heterocycles. The van der Waals surface area contributed by atoms with Crippen molar-refractivity contribution < 1.29 is 4.39 Å². The Bertz CT molecular complexity index is 893. The van der Waals surface area contributed by atoms with Gasteiger partial charge in [0.15, 0.2) is 0 Å². The first-order valence-electron chi connectivity index (χ1n) is 7.79. The summed E-state index contributed by atoms with van der Waals surface area (Å²) >= 11 is 9.87. The lowest BCUT2D eigenvalue weighted by atomic mass is 9.97. The maximum Gasteiger partial charge on any atom is 0.140 e. The molecule has 25 heavy (non-hydrogen) atoms. The van der Waals surface area contributed by atoms with Gasteiger partial charge in [0.1, 0.15) is 11.7 Å². The Labute approximate surface area is 159 Å². The summed E-state index contributed by atoms with van der Waals surface area (Å²) in [6, 6.07) is 8.31. The Balaban J connectivity index is 2.25. The molecule has 2 N–H and O–H groups in total. The van der Waals surface area contributed by atoms with Crippen molar-refractivity contribution in [3.05, 3.63) is 62.3 Å². The molecule has 0 aliphatic carbocycles. The average Bonchev–Trinajstić information content (AvgIpc) is 2.73. The number of likely N-dealkylation sites (N-methyl/N-ethyl adjacent to an activating group) is 1. The normalized spacial score (nSPS) is 13.7. The van der Waals surface area contributed by atoms with Crippen LogP contribution in [0.3, 0.4) is 0 Å². The lowest BCUT2D eigenvalue weighted by molar-refractivity contribution is 0.531. The maximum absolute atomic E-state index is 13.5. The molecule has 1 aliphatic rings. The number of hydrazine groups is 1. The highest BCUT2D eigenvalue weighted by Gasteiger charge is 2.21. The lowest BCUT2D eigenvalue weighted by Gasteiger charge is -2.13. The second kappa shape index (κ2) is 7.23. The van der Waals surface area contributed by atoms with Gasteiger partial charge in [-0.15, -0.1) is 0 Å².